The first-order chi connectivity index (χ1) is 9.60. The lowest BCUT2D eigenvalue weighted by Crippen LogP contribution is -2.35. The molecule has 1 aliphatic rings. The first kappa shape index (κ1) is 16.0. The van der Waals surface area contributed by atoms with Crippen LogP contribution in [0.1, 0.15) is 13.3 Å². The van der Waals surface area contributed by atoms with Crippen molar-refractivity contribution in [2.45, 2.75) is 13.3 Å². The van der Waals surface area contributed by atoms with Gasteiger partial charge in [-0.1, -0.05) is 18.5 Å². The minimum atomic E-state index is 0.557. The first-order valence-corrected chi connectivity index (χ1v) is 8.25. The largest absolute Gasteiger partial charge is 0.354 e. The van der Waals surface area contributed by atoms with E-state index in [0.717, 1.165) is 56.0 Å². The van der Waals surface area contributed by atoms with E-state index in [1.54, 1.807) is 6.20 Å². The van der Waals surface area contributed by atoms with Crippen molar-refractivity contribution in [2.24, 2.45) is 11.7 Å². The van der Waals surface area contributed by atoms with E-state index in [-0.39, 0.29) is 0 Å². The van der Waals surface area contributed by atoms with Gasteiger partial charge in [0.15, 0.2) is 0 Å². The Kier molecular flexibility index (Phi) is 6.08. The fourth-order valence-electron chi connectivity index (χ4n) is 2.52. The highest BCUT2D eigenvalue weighted by atomic mass is 79.9. The van der Waals surface area contributed by atoms with Crippen LogP contribution in [0, 0.1) is 5.92 Å². The molecule has 112 valence electrons. The van der Waals surface area contributed by atoms with Gasteiger partial charge >= 0.3 is 0 Å². The quantitative estimate of drug-likeness (QED) is 0.895. The summed E-state index contributed by atoms with van der Waals surface area (Å²) >= 11 is 9.51. The molecule has 0 amide bonds. The highest BCUT2D eigenvalue weighted by Gasteiger charge is 2.18. The molecule has 20 heavy (non-hydrogen) atoms. The fourth-order valence-corrected chi connectivity index (χ4v) is 3.41. The second-order valence-electron chi connectivity index (χ2n) is 5.44. The van der Waals surface area contributed by atoms with E-state index in [2.05, 4.69) is 37.6 Å². The third-order valence-electron chi connectivity index (χ3n) is 3.65. The van der Waals surface area contributed by atoms with Crippen LogP contribution in [0.15, 0.2) is 16.7 Å². The van der Waals surface area contributed by atoms with Gasteiger partial charge in [0.05, 0.1) is 9.50 Å². The highest BCUT2D eigenvalue weighted by Crippen LogP contribution is 2.27. The number of hydrogen-bond donors (Lipinski definition) is 1. The summed E-state index contributed by atoms with van der Waals surface area (Å²) in [5, 5.41) is 0.661. The summed E-state index contributed by atoms with van der Waals surface area (Å²) in [6.07, 6.45) is 2.86. The lowest BCUT2D eigenvalue weighted by molar-refractivity contribution is 0.255. The number of rotatable bonds is 4. The van der Waals surface area contributed by atoms with E-state index >= 15 is 0 Å². The summed E-state index contributed by atoms with van der Waals surface area (Å²) in [4.78, 5) is 9.28. The lowest BCUT2D eigenvalue weighted by atomic mass is 10.1. The van der Waals surface area contributed by atoms with Crippen molar-refractivity contribution >= 4 is 33.3 Å². The van der Waals surface area contributed by atoms with Crippen molar-refractivity contribution in [3.8, 4) is 0 Å². The van der Waals surface area contributed by atoms with Gasteiger partial charge < -0.3 is 15.5 Å². The van der Waals surface area contributed by atoms with Gasteiger partial charge in [0.2, 0.25) is 0 Å². The standard InChI is InChI=1S/C14H22BrClN4/c1-11(8-17)10-19-3-2-4-20(6-5-19)14-13(15)7-12(16)9-18-14/h7,9,11H,2-6,8,10,17H2,1H3. The predicted octanol–water partition coefficient (Wildman–Crippen LogP) is 2.60. The van der Waals surface area contributed by atoms with Crippen LogP contribution in [0.4, 0.5) is 5.82 Å². The van der Waals surface area contributed by atoms with Crippen LogP contribution in [0.2, 0.25) is 5.02 Å². The first-order valence-electron chi connectivity index (χ1n) is 7.08. The van der Waals surface area contributed by atoms with Crippen LogP contribution >= 0.6 is 27.5 Å². The van der Waals surface area contributed by atoms with Crippen molar-refractivity contribution in [3.05, 3.63) is 21.8 Å². The smallest absolute Gasteiger partial charge is 0.143 e. The molecule has 4 nitrogen and oxygen atoms in total. The van der Waals surface area contributed by atoms with Gasteiger partial charge in [-0.05, 0) is 47.4 Å². The van der Waals surface area contributed by atoms with Gasteiger partial charge in [0.1, 0.15) is 5.82 Å². The summed E-state index contributed by atoms with van der Waals surface area (Å²) < 4.78 is 0.966. The van der Waals surface area contributed by atoms with Crippen molar-refractivity contribution < 1.29 is 0 Å². The Bertz CT molecular complexity index is 443. The van der Waals surface area contributed by atoms with Gasteiger partial charge in [0.25, 0.3) is 0 Å². The molecule has 2 rings (SSSR count). The van der Waals surface area contributed by atoms with Crippen molar-refractivity contribution in [3.63, 3.8) is 0 Å². The van der Waals surface area contributed by atoms with Gasteiger partial charge in [-0.15, -0.1) is 0 Å². The van der Waals surface area contributed by atoms with Crippen LogP contribution in [-0.2, 0) is 0 Å². The molecule has 1 unspecified atom stereocenters. The number of nitrogens with two attached hydrogens (primary N) is 1. The normalized spacial score (nSPS) is 18.9. The van der Waals surface area contributed by atoms with E-state index < -0.39 is 0 Å². The molecule has 1 atom stereocenters. The molecule has 1 saturated heterocycles. The SMILES string of the molecule is CC(CN)CN1CCCN(c2ncc(Cl)cc2Br)CC1. The molecule has 0 aliphatic carbocycles. The fraction of sp³-hybridized carbons (Fsp3) is 0.643. The zero-order valence-electron chi connectivity index (χ0n) is 11.9. The minimum Gasteiger partial charge on any atom is -0.354 e. The van der Waals surface area contributed by atoms with Crippen molar-refractivity contribution in [1.82, 2.24) is 9.88 Å². The number of nitrogens with zero attached hydrogens (tertiary/aromatic N) is 3. The Morgan fingerprint density at radius 2 is 2.20 bits per heavy atom. The Hall–Kier alpha value is -0.360. The molecule has 2 N–H and O–H groups in total. The van der Waals surface area contributed by atoms with Crippen LogP contribution in [0.3, 0.4) is 0 Å². The Balaban J connectivity index is 1.98. The summed E-state index contributed by atoms with van der Waals surface area (Å²) in [6.45, 7) is 8.25. The van der Waals surface area contributed by atoms with Crippen LogP contribution in [0.25, 0.3) is 0 Å². The molecule has 1 aromatic rings. The van der Waals surface area contributed by atoms with E-state index in [1.165, 1.54) is 0 Å². The van der Waals surface area contributed by atoms with E-state index in [4.69, 9.17) is 17.3 Å². The van der Waals surface area contributed by atoms with Crippen molar-refractivity contribution in [1.29, 1.82) is 0 Å². The number of aromatic nitrogens is 1. The summed E-state index contributed by atoms with van der Waals surface area (Å²) in [6, 6.07) is 1.91. The third-order valence-corrected chi connectivity index (χ3v) is 4.44. The van der Waals surface area contributed by atoms with E-state index in [9.17, 15) is 0 Å². The molecule has 1 fully saturated rings. The number of hydrogen-bond acceptors (Lipinski definition) is 4. The van der Waals surface area contributed by atoms with E-state index in [0.29, 0.717) is 10.9 Å². The molecule has 0 radical (unpaired) electrons. The highest BCUT2D eigenvalue weighted by molar-refractivity contribution is 9.10. The summed E-state index contributed by atoms with van der Waals surface area (Å²) in [5.41, 5.74) is 5.71. The molecular weight excluding hydrogens is 340 g/mol. The zero-order valence-corrected chi connectivity index (χ0v) is 14.2. The van der Waals surface area contributed by atoms with E-state index in [1.807, 2.05) is 6.07 Å². The Morgan fingerprint density at radius 1 is 1.40 bits per heavy atom. The Morgan fingerprint density at radius 3 is 2.90 bits per heavy atom. The second-order valence-corrected chi connectivity index (χ2v) is 6.73. The molecule has 1 aliphatic heterocycles. The molecule has 0 aromatic carbocycles. The average molecular weight is 362 g/mol. The molecule has 0 saturated carbocycles. The molecule has 2 heterocycles. The minimum absolute atomic E-state index is 0.557. The lowest BCUT2D eigenvalue weighted by Gasteiger charge is -2.25. The van der Waals surface area contributed by atoms with Gasteiger partial charge in [-0.25, -0.2) is 4.98 Å². The maximum atomic E-state index is 5.95. The van der Waals surface area contributed by atoms with Gasteiger partial charge in [-0.2, -0.15) is 0 Å². The van der Waals surface area contributed by atoms with Crippen LogP contribution in [-0.4, -0.2) is 49.2 Å². The predicted molar refractivity (Wildman–Crippen MR) is 88.4 cm³/mol. The third kappa shape index (κ3) is 4.32. The molecule has 1 aromatic heterocycles. The molecule has 0 spiro atoms. The topological polar surface area (TPSA) is 45.4 Å². The second kappa shape index (κ2) is 7.59. The average Bonchev–Trinajstić information content (AvgIpc) is 2.64. The summed E-state index contributed by atoms with van der Waals surface area (Å²) in [7, 11) is 0. The maximum Gasteiger partial charge on any atom is 0.143 e. The van der Waals surface area contributed by atoms with Gasteiger partial charge in [-0.3, -0.25) is 0 Å². The monoisotopic (exact) mass is 360 g/mol. The number of halogens is 2. The van der Waals surface area contributed by atoms with Gasteiger partial charge in [0, 0.05) is 32.4 Å². The molecule has 6 heteroatoms. The molecule has 0 bridgehead atoms. The summed E-state index contributed by atoms with van der Waals surface area (Å²) in [5.74, 6) is 1.55. The zero-order chi connectivity index (χ0) is 14.5. The molecular formula is C14H22BrClN4. The van der Waals surface area contributed by atoms with Crippen LogP contribution in [0.5, 0.6) is 0 Å². The van der Waals surface area contributed by atoms with Crippen molar-refractivity contribution in [2.75, 3.05) is 44.2 Å². The maximum absolute atomic E-state index is 5.95. The van der Waals surface area contributed by atoms with Crippen LogP contribution < -0.4 is 10.6 Å². The Labute approximate surface area is 134 Å². The number of pyridine rings is 1. The number of anilines is 1.